The molecule has 0 fully saturated rings. The number of rotatable bonds is 4. The average Bonchev–Trinajstić information content (AvgIpc) is 2.78. The lowest BCUT2D eigenvalue weighted by Crippen LogP contribution is -2.00. The van der Waals surface area contributed by atoms with Crippen molar-refractivity contribution in [2.75, 3.05) is 7.11 Å². The fraction of sp³-hybridized carbons (Fsp3) is 0.357. The van der Waals surface area contributed by atoms with E-state index < -0.39 is 0 Å². The average molecular weight is 262 g/mol. The zero-order valence-electron chi connectivity index (χ0n) is 11.3. The van der Waals surface area contributed by atoms with E-state index >= 15 is 0 Å². The van der Waals surface area contributed by atoms with E-state index in [1.165, 1.54) is 0 Å². The van der Waals surface area contributed by atoms with Crippen molar-refractivity contribution in [3.63, 3.8) is 0 Å². The number of methoxy groups -OCH3 is 1. The molecule has 0 spiro atoms. The molecule has 0 unspecified atom stereocenters. The van der Waals surface area contributed by atoms with Crippen LogP contribution in [0.1, 0.15) is 31.0 Å². The monoisotopic (exact) mass is 262 g/mol. The van der Waals surface area contributed by atoms with E-state index in [0.717, 1.165) is 11.4 Å². The first-order valence-electron chi connectivity index (χ1n) is 6.14. The van der Waals surface area contributed by atoms with Crippen LogP contribution in [0.2, 0.25) is 0 Å². The van der Waals surface area contributed by atoms with Gasteiger partial charge in [0.1, 0.15) is 5.75 Å². The second-order valence-electron chi connectivity index (χ2n) is 4.61. The van der Waals surface area contributed by atoms with Gasteiger partial charge in [-0.25, -0.2) is 4.68 Å². The van der Waals surface area contributed by atoms with Gasteiger partial charge >= 0.3 is 0 Å². The molecule has 102 valence electrons. The molecule has 0 saturated heterocycles. The molecule has 0 aliphatic rings. The highest BCUT2D eigenvalue weighted by Crippen LogP contribution is 2.30. The maximum Gasteiger partial charge on any atom is 0.222 e. The van der Waals surface area contributed by atoms with Gasteiger partial charge in [-0.15, -0.1) is 0 Å². The van der Waals surface area contributed by atoms with Crippen LogP contribution in [0.4, 0.5) is 0 Å². The number of benzene rings is 1. The maximum absolute atomic E-state index is 9.51. The van der Waals surface area contributed by atoms with Crippen LogP contribution in [-0.4, -0.2) is 27.1 Å². The largest absolute Gasteiger partial charge is 0.508 e. The summed E-state index contributed by atoms with van der Waals surface area (Å²) in [5.41, 5.74) is 2.29. The standard InChI is InChI=1S/C14H18N2O3/c1-9(2)13-12(8-17)14(19-3)16(15-13)10-4-6-11(18)7-5-10/h4-7,9,17-18H,8H2,1-3H3. The molecular formula is C14H18N2O3. The van der Waals surface area contributed by atoms with Crippen LogP contribution in [-0.2, 0) is 6.61 Å². The quantitative estimate of drug-likeness (QED) is 0.886. The molecular weight excluding hydrogens is 244 g/mol. The molecule has 0 radical (unpaired) electrons. The summed E-state index contributed by atoms with van der Waals surface area (Å²) in [4.78, 5) is 0. The number of aromatic hydroxyl groups is 1. The molecule has 0 amide bonds. The molecule has 2 aromatic rings. The van der Waals surface area contributed by atoms with Crippen molar-refractivity contribution in [1.29, 1.82) is 0 Å². The summed E-state index contributed by atoms with van der Waals surface area (Å²) in [5, 5.41) is 23.3. The summed E-state index contributed by atoms with van der Waals surface area (Å²) < 4.78 is 7.00. The van der Waals surface area contributed by atoms with E-state index in [0.29, 0.717) is 11.4 Å². The molecule has 1 heterocycles. The third-order valence-corrected chi connectivity index (χ3v) is 2.96. The van der Waals surface area contributed by atoms with Crippen LogP contribution in [0, 0.1) is 0 Å². The lowest BCUT2D eigenvalue weighted by Gasteiger charge is -2.07. The third kappa shape index (κ3) is 2.42. The molecule has 2 N–H and O–H groups in total. The predicted octanol–water partition coefficient (Wildman–Crippen LogP) is 2.20. The minimum Gasteiger partial charge on any atom is -0.508 e. The highest BCUT2D eigenvalue weighted by Gasteiger charge is 2.20. The van der Waals surface area contributed by atoms with Gasteiger partial charge in [-0.05, 0) is 30.2 Å². The number of hydrogen-bond acceptors (Lipinski definition) is 4. The fourth-order valence-electron chi connectivity index (χ4n) is 2.04. The Balaban J connectivity index is 2.59. The Bertz CT molecular complexity index is 559. The van der Waals surface area contributed by atoms with Crippen LogP contribution in [0.5, 0.6) is 11.6 Å². The molecule has 1 aromatic heterocycles. The molecule has 5 heteroatoms. The lowest BCUT2D eigenvalue weighted by molar-refractivity contribution is 0.270. The number of hydrogen-bond donors (Lipinski definition) is 2. The van der Waals surface area contributed by atoms with Crippen molar-refractivity contribution in [3.05, 3.63) is 35.5 Å². The second kappa shape index (κ2) is 5.32. The Hall–Kier alpha value is -2.01. The van der Waals surface area contributed by atoms with E-state index in [1.54, 1.807) is 36.1 Å². The molecule has 19 heavy (non-hydrogen) atoms. The van der Waals surface area contributed by atoms with Gasteiger partial charge in [0.05, 0.1) is 30.7 Å². The van der Waals surface area contributed by atoms with Crippen molar-refractivity contribution < 1.29 is 14.9 Å². The van der Waals surface area contributed by atoms with E-state index in [9.17, 15) is 10.2 Å². The molecule has 0 aliphatic carbocycles. The number of phenolic OH excluding ortho intramolecular Hbond substituents is 1. The Kier molecular flexibility index (Phi) is 3.76. The molecule has 0 saturated carbocycles. The van der Waals surface area contributed by atoms with Gasteiger partial charge in [0.15, 0.2) is 0 Å². The second-order valence-corrected chi connectivity index (χ2v) is 4.61. The summed E-state index contributed by atoms with van der Waals surface area (Å²) >= 11 is 0. The van der Waals surface area contributed by atoms with Gasteiger partial charge in [0.2, 0.25) is 5.88 Å². The summed E-state index contributed by atoms with van der Waals surface area (Å²) in [6, 6.07) is 6.67. The first-order valence-corrected chi connectivity index (χ1v) is 6.14. The normalized spacial score (nSPS) is 11.0. The zero-order chi connectivity index (χ0) is 14.0. The molecule has 0 atom stereocenters. The molecule has 0 aliphatic heterocycles. The van der Waals surface area contributed by atoms with Crippen LogP contribution < -0.4 is 4.74 Å². The molecule has 2 rings (SSSR count). The van der Waals surface area contributed by atoms with Crippen molar-refractivity contribution in [1.82, 2.24) is 9.78 Å². The van der Waals surface area contributed by atoms with Gasteiger partial charge in [0, 0.05) is 0 Å². The number of aromatic nitrogens is 2. The van der Waals surface area contributed by atoms with Gasteiger partial charge in [-0.1, -0.05) is 13.8 Å². The van der Waals surface area contributed by atoms with Crippen LogP contribution in [0.3, 0.4) is 0 Å². The number of phenols is 1. The van der Waals surface area contributed by atoms with Gasteiger partial charge in [-0.3, -0.25) is 0 Å². The van der Waals surface area contributed by atoms with Crippen molar-refractivity contribution in [2.45, 2.75) is 26.4 Å². The fourth-order valence-corrected chi connectivity index (χ4v) is 2.04. The van der Waals surface area contributed by atoms with E-state index in [2.05, 4.69) is 5.10 Å². The van der Waals surface area contributed by atoms with E-state index in [1.807, 2.05) is 13.8 Å². The third-order valence-electron chi connectivity index (χ3n) is 2.96. The van der Waals surface area contributed by atoms with Gasteiger partial charge in [0.25, 0.3) is 0 Å². The Labute approximate surface area is 112 Å². The van der Waals surface area contributed by atoms with Gasteiger partial charge in [-0.2, -0.15) is 5.10 Å². The predicted molar refractivity (Wildman–Crippen MR) is 71.8 cm³/mol. The Morgan fingerprint density at radius 1 is 1.26 bits per heavy atom. The highest BCUT2D eigenvalue weighted by molar-refractivity contribution is 5.43. The number of nitrogens with zero attached hydrogens (tertiary/aromatic N) is 2. The summed E-state index contributed by atoms with van der Waals surface area (Å²) in [6.07, 6.45) is 0. The smallest absolute Gasteiger partial charge is 0.222 e. The van der Waals surface area contributed by atoms with Crippen molar-refractivity contribution >= 4 is 0 Å². The number of ether oxygens (including phenoxy) is 1. The van der Waals surface area contributed by atoms with E-state index in [4.69, 9.17) is 4.74 Å². The lowest BCUT2D eigenvalue weighted by atomic mass is 10.1. The zero-order valence-corrected chi connectivity index (χ0v) is 11.3. The minimum atomic E-state index is -0.116. The number of aliphatic hydroxyl groups is 1. The minimum absolute atomic E-state index is 0.116. The summed E-state index contributed by atoms with van der Waals surface area (Å²) in [7, 11) is 1.55. The first-order chi connectivity index (χ1) is 9.08. The Morgan fingerprint density at radius 2 is 1.89 bits per heavy atom. The molecule has 5 nitrogen and oxygen atoms in total. The summed E-state index contributed by atoms with van der Waals surface area (Å²) in [6.45, 7) is 3.92. The van der Waals surface area contributed by atoms with E-state index in [-0.39, 0.29) is 18.3 Å². The number of aliphatic hydroxyl groups excluding tert-OH is 1. The maximum atomic E-state index is 9.51. The topological polar surface area (TPSA) is 67.5 Å². The van der Waals surface area contributed by atoms with Crippen LogP contribution in [0.15, 0.2) is 24.3 Å². The highest BCUT2D eigenvalue weighted by atomic mass is 16.5. The Morgan fingerprint density at radius 3 is 2.37 bits per heavy atom. The van der Waals surface area contributed by atoms with Crippen LogP contribution in [0.25, 0.3) is 5.69 Å². The van der Waals surface area contributed by atoms with Crippen LogP contribution >= 0.6 is 0 Å². The first kappa shape index (κ1) is 13.4. The van der Waals surface area contributed by atoms with Gasteiger partial charge < -0.3 is 14.9 Å². The van der Waals surface area contributed by atoms with Crippen molar-refractivity contribution in [2.24, 2.45) is 0 Å². The molecule has 0 bridgehead atoms. The summed E-state index contributed by atoms with van der Waals surface area (Å²) in [5.74, 6) is 0.910. The molecule has 1 aromatic carbocycles. The van der Waals surface area contributed by atoms with Crippen molar-refractivity contribution in [3.8, 4) is 17.3 Å². The SMILES string of the molecule is COc1c(CO)c(C(C)C)nn1-c1ccc(O)cc1.